The van der Waals surface area contributed by atoms with Crippen LogP contribution in [-0.4, -0.2) is 54.5 Å². The molecule has 1 amide bonds. The summed E-state index contributed by atoms with van der Waals surface area (Å²) in [6.07, 6.45) is -1.49. The molecule has 4 rings (SSSR count). The molecule has 0 bridgehead atoms. The summed E-state index contributed by atoms with van der Waals surface area (Å²) in [5, 5.41) is 9.06. The topological polar surface area (TPSA) is 76.1 Å². The molecule has 1 aliphatic carbocycles. The van der Waals surface area contributed by atoms with Crippen LogP contribution in [0.1, 0.15) is 17.0 Å². The van der Waals surface area contributed by atoms with E-state index in [1.807, 2.05) is 24.3 Å². The standard InChI is InChI=1S/C20H19NO5/c22-19(23)18-11-21(9-10-25-18)20(24)26-12-17-15-7-3-1-5-13(15)14-6-2-4-8-16(14)17/h1-8,17-18H,9-12H2,(H,22,23)/t18-/m1/s1. The van der Waals surface area contributed by atoms with Crippen molar-refractivity contribution in [1.29, 1.82) is 0 Å². The zero-order valence-corrected chi connectivity index (χ0v) is 14.1. The highest BCUT2D eigenvalue weighted by Crippen LogP contribution is 2.44. The summed E-state index contributed by atoms with van der Waals surface area (Å²) in [5.41, 5.74) is 4.63. The molecule has 0 unspecified atom stereocenters. The van der Waals surface area contributed by atoms with Crippen molar-refractivity contribution in [2.45, 2.75) is 12.0 Å². The van der Waals surface area contributed by atoms with Crippen molar-refractivity contribution < 1.29 is 24.2 Å². The van der Waals surface area contributed by atoms with Crippen molar-refractivity contribution in [1.82, 2.24) is 4.90 Å². The zero-order chi connectivity index (χ0) is 18.1. The van der Waals surface area contributed by atoms with Gasteiger partial charge < -0.3 is 19.5 Å². The molecule has 2 aromatic rings. The molecular weight excluding hydrogens is 334 g/mol. The number of aliphatic carboxylic acids is 1. The van der Waals surface area contributed by atoms with Gasteiger partial charge in [-0.25, -0.2) is 9.59 Å². The third kappa shape index (κ3) is 2.93. The monoisotopic (exact) mass is 353 g/mol. The second-order valence-electron chi connectivity index (χ2n) is 6.45. The summed E-state index contributed by atoms with van der Waals surface area (Å²) < 4.78 is 10.7. The molecule has 0 saturated carbocycles. The van der Waals surface area contributed by atoms with Crippen LogP contribution < -0.4 is 0 Å². The summed E-state index contributed by atoms with van der Waals surface area (Å²) in [4.78, 5) is 24.9. The summed E-state index contributed by atoms with van der Waals surface area (Å²) in [7, 11) is 0. The second kappa shape index (κ2) is 6.80. The summed E-state index contributed by atoms with van der Waals surface area (Å²) in [6.45, 7) is 0.760. The molecule has 1 saturated heterocycles. The van der Waals surface area contributed by atoms with Crippen LogP contribution in [0, 0.1) is 0 Å². The SMILES string of the molecule is O=C(O)[C@H]1CN(C(=O)OCC2c3ccccc3-c3ccccc32)CCO1. The van der Waals surface area contributed by atoms with Crippen LogP contribution in [0.5, 0.6) is 0 Å². The first kappa shape index (κ1) is 16.6. The Morgan fingerprint density at radius 3 is 2.31 bits per heavy atom. The van der Waals surface area contributed by atoms with Crippen molar-refractivity contribution >= 4 is 12.1 Å². The van der Waals surface area contributed by atoms with Gasteiger partial charge in [-0.15, -0.1) is 0 Å². The highest BCUT2D eigenvalue weighted by atomic mass is 16.6. The highest BCUT2D eigenvalue weighted by Gasteiger charge is 2.32. The highest BCUT2D eigenvalue weighted by molar-refractivity contribution is 5.79. The quantitative estimate of drug-likeness (QED) is 0.918. The average molecular weight is 353 g/mol. The van der Waals surface area contributed by atoms with Gasteiger partial charge in [-0.1, -0.05) is 48.5 Å². The van der Waals surface area contributed by atoms with Gasteiger partial charge in [-0.05, 0) is 22.3 Å². The number of carboxylic acid groups (broad SMARTS) is 1. The Bertz CT molecular complexity index is 804. The number of fused-ring (bicyclic) bond motifs is 3. The van der Waals surface area contributed by atoms with E-state index in [4.69, 9.17) is 14.6 Å². The molecule has 0 aromatic heterocycles. The van der Waals surface area contributed by atoms with Gasteiger partial charge >= 0.3 is 12.1 Å². The average Bonchev–Trinajstić information content (AvgIpc) is 3.00. The molecule has 1 N–H and O–H groups in total. The number of morpholine rings is 1. The Morgan fingerprint density at radius 1 is 1.08 bits per heavy atom. The molecular formula is C20H19NO5. The molecule has 2 aliphatic rings. The van der Waals surface area contributed by atoms with E-state index in [9.17, 15) is 9.59 Å². The fourth-order valence-corrected chi connectivity index (χ4v) is 3.65. The van der Waals surface area contributed by atoms with Gasteiger partial charge in [0.25, 0.3) is 0 Å². The van der Waals surface area contributed by atoms with E-state index in [1.165, 1.54) is 16.0 Å². The van der Waals surface area contributed by atoms with Gasteiger partial charge in [0.05, 0.1) is 13.2 Å². The molecule has 1 atom stereocenters. The smallest absolute Gasteiger partial charge is 0.409 e. The molecule has 6 heteroatoms. The molecule has 1 aliphatic heterocycles. The Morgan fingerprint density at radius 2 is 1.69 bits per heavy atom. The first-order valence-electron chi connectivity index (χ1n) is 8.59. The normalized spacial score (nSPS) is 18.9. The largest absolute Gasteiger partial charge is 0.479 e. The second-order valence-corrected chi connectivity index (χ2v) is 6.45. The van der Waals surface area contributed by atoms with Crippen molar-refractivity contribution in [3.05, 3.63) is 59.7 Å². The lowest BCUT2D eigenvalue weighted by atomic mass is 9.98. The fraction of sp³-hybridized carbons (Fsp3) is 0.300. The van der Waals surface area contributed by atoms with Gasteiger partial charge in [0.15, 0.2) is 6.10 Å². The Hall–Kier alpha value is -2.86. The Labute approximate surface area is 151 Å². The van der Waals surface area contributed by atoms with E-state index in [1.54, 1.807) is 0 Å². The maximum atomic E-state index is 12.4. The van der Waals surface area contributed by atoms with Crippen LogP contribution in [0.15, 0.2) is 48.5 Å². The maximum Gasteiger partial charge on any atom is 0.409 e. The van der Waals surface area contributed by atoms with Crippen LogP contribution in [-0.2, 0) is 14.3 Å². The van der Waals surface area contributed by atoms with Crippen LogP contribution in [0.25, 0.3) is 11.1 Å². The molecule has 6 nitrogen and oxygen atoms in total. The van der Waals surface area contributed by atoms with E-state index in [-0.39, 0.29) is 25.7 Å². The lowest BCUT2D eigenvalue weighted by molar-refractivity contribution is -0.155. The predicted molar refractivity (Wildman–Crippen MR) is 94.0 cm³/mol. The third-order valence-electron chi connectivity index (χ3n) is 4.94. The van der Waals surface area contributed by atoms with Crippen LogP contribution in [0.2, 0.25) is 0 Å². The zero-order valence-electron chi connectivity index (χ0n) is 14.1. The van der Waals surface area contributed by atoms with Crippen molar-refractivity contribution in [3.8, 4) is 11.1 Å². The van der Waals surface area contributed by atoms with E-state index in [2.05, 4.69) is 24.3 Å². The van der Waals surface area contributed by atoms with Crippen LogP contribution in [0.3, 0.4) is 0 Å². The van der Waals surface area contributed by atoms with Crippen LogP contribution in [0.4, 0.5) is 4.79 Å². The number of hydrogen-bond donors (Lipinski definition) is 1. The van der Waals surface area contributed by atoms with E-state index >= 15 is 0 Å². The minimum Gasteiger partial charge on any atom is -0.479 e. The number of hydrogen-bond acceptors (Lipinski definition) is 4. The Balaban J connectivity index is 1.48. The van der Waals surface area contributed by atoms with Crippen molar-refractivity contribution in [2.75, 3.05) is 26.3 Å². The molecule has 1 fully saturated rings. The number of rotatable bonds is 3. The number of nitrogens with zero attached hydrogens (tertiary/aromatic N) is 1. The molecule has 0 radical (unpaired) electrons. The number of ether oxygens (including phenoxy) is 2. The minimum atomic E-state index is -1.07. The molecule has 134 valence electrons. The third-order valence-corrected chi connectivity index (χ3v) is 4.94. The molecule has 2 aromatic carbocycles. The van der Waals surface area contributed by atoms with Crippen molar-refractivity contribution in [2.24, 2.45) is 0 Å². The lowest BCUT2D eigenvalue weighted by Gasteiger charge is -2.30. The number of carbonyl (C=O) groups excluding carboxylic acids is 1. The van der Waals surface area contributed by atoms with Gasteiger partial charge in [-0.2, -0.15) is 0 Å². The number of carboxylic acids is 1. The van der Waals surface area contributed by atoms with Crippen molar-refractivity contribution in [3.63, 3.8) is 0 Å². The fourth-order valence-electron chi connectivity index (χ4n) is 3.65. The van der Waals surface area contributed by atoms with E-state index in [0.717, 1.165) is 11.1 Å². The number of benzene rings is 2. The molecule has 0 spiro atoms. The summed E-state index contributed by atoms with van der Waals surface area (Å²) in [6, 6.07) is 16.3. The molecule has 1 heterocycles. The van der Waals surface area contributed by atoms with Gasteiger partial charge in [0, 0.05) is 12.5 Å². The summed E-state index contributed by atoms with van der Waals surface area (Å²) in [5.74, 6) is -1.08. The van der Waals surface area contributed by atoms with E-state index < -0.39 is 18.2 Å². The van der Waals surface area contributed by atoms with Gasteiger partial charge in [0.2, 0.25) is 0 Å². The first-order valence-corrected chi connectivity index (χ1v) is 8.59. The first-order chi connectivity index (χ1) is 12.6. The Kier molecular flexibility index (Phi) is 4.34. The van der Waals surface area contributed by atoms with Gasteiger partial charge in [0.1, 0.15) is 6.61 Å². The predicted octanol–water partition coefficient (Wildman–Crippen LogP) is 2.72. The van der Waals surface area contributed by atoms with Gasteiger partial charge in [-0.3, -0.25) is 0 Å². The minimum absolute atomic E-state index is 0.00596. The number of carbonyl (C=O) groups is 2. The lowest BCUT2D eigenvalue weighted by Crippen LogP contribution is -2.48. The van der Waals surface area contributed by atoms with E-state index in [0.29, 0.717) is 6.54 Å². The number of amides is 1. The summed E-state index contributed by atoms with van der Waals surface area (Å²) >= 11 is 0. The maximum absolute atomic E-state index is 12.4. The van der Waals surface area contributed by atoms with Crippen LogP contribution >= 0.6 is 0 Å². The molecule has 26 heavy (non-hydrogen) atoms.